The van der Waals surface area contributed by atoms with Gasteiger partial charge in [-0.1, -0.05) is 20.8 Å². The summed E-state index contributed by atoms with van der Waals surface area (Å²) in [7, 11) is 3.46. The van der Waals surface area contributed by atoms with Gasteiger partial charge in [-0.3, -0.25) is 4.79 Å². The molecule has 0 radical (unpaired) electrons. The minimum atomic E-state index is -0.385. The predicted molar refractivity (Wildman–Crippen MR) is 62.2 cm³/mol. The summed E-state index contributed by atoms with van der Waals surface area (Å²) in [5.74, 6) is 0.848. The Morgan fingerprint density at radius 1 is 1.56 bits per heavy atom. The number of rotatable bonds is 4. The van der Waals surface area contributed by atoms with E-state index in [1.165, 1.54) is 0 Å². The van der Waals surface area contributed by atoms with Crippen molar-refractivity contribution in [1.82, 2.24) is 9.55 Å². The maximum atomic E-state index is 12.1. The largest absolute Gasteiger partial charge is 0.373 e. The van der Waals surface area contributed by atoms with Gasteiger partial charge >= 0.3 is 0 Å². The lowest BCUT2D eigenvalue weighted by atomic mass is 9.85. The summed E-state index contributed by atoms with van der Waals surface area (Å²) < 4.78 is 7.13. The molecular formula is C12H20N2O2. The summed E-state index contributed by atoms with van der Waals surface area (Å²) in [6, 6.07) is 0. The summed E-state index contributed by atoms with van der Waals surface area (Å²) in [5, 5.41) is 0. The Labute approximate surface area is 96.6 Å². The van der Waals surface area contributed by atoms with Gasteiger partial charge in [0.25, 0.3) is 0 Å². The highest BCUT2D eigenvalue weighted by atomic mass is 16.5. The van der Waals surface area contributed by atoms with E-state index < -0.39 is 0 Å². The van der Waals surface area contributed by atoms with Crippen LogP contribution in [-0.2, 0) is 23.0 Å². The monoisotopic (exact) mass is 224 g/mol. The molecule has 0 N–H and O–H groups in total. The molecule has 0 spiro atoms. The first-order chi connectivity index (χ1) is 7.36. The zero-order valence-corrected chi connectivity index (χ0v) is 10.7. The number of hydrogen-bond donors (Lipinski definition) is 0. The Kier molecular flexibility index (Phi) is 3.86. The van der Waals surface area contributed by atoms with Crippen LogP contribution in [0.3, 0.4) is 0 Å². The fourth-order valence-corrected chi connectivity index (χ4v) is 1.78. The molecular weight excluding hydrogens is 204 g/mol. The molecule has 4 heteroatoms. The van der Waals surface area contributed by atoms with Gasteiger partial charge in [-0.2, -0.15) is 0 Å². The van der Waals surface area contributed by atoms with E-state index in [4.69, 9.17) is 4.74 Å². The standard InChI is InChI=1S/C12H20N2O2/c1-12(2,3)11(16-5)9(15)8-10-13-6-7-14(10)4/h6-7,11H,8H2,1-5H3. The zero-order chi connectivity index (χ0) is 12.3. The van der Waals surface area contributed by atoms with Crippen LogP contribution in [0.5, 0.6) is 0 Å². The van der Waals surface area contributed by atoms with E-state index in [0.29, 0.717) is 6.42 Å². The summed E-state index contributed by atoms with van der Waals surface area (Å²) >= 11 is 0. The molecule has 0 saturated heterocycles. The van der Waals surface area contributed by atoms with Crippen LogP contribution in [0, 0.1) is 5.41 Å². The molecule has 0 aromatic carbocycles. The third kappa shape index (κ3) is 2.92. The lowest BCUT2D eigenvalue weighted by Crippen LogP contribution is -2.37. The number of ketones is 1. The Morgan fingerprint density at radius 2 is 2.19 bits per heavy atom. The highest BCUT2D eigenvalue weighted by Gasteiger charge is 2.31. The van der Waals surface area contributed by atoms with E-state index in [0.717, 1.165) is 5.82 Å². The summed E-state index contributed by atoms with van der Waals surface area (Å²) in [6.45, 7) is 5.99. The van der Waals surface area contributed by atoms with E-state index in [-0.39, 0.29) is 17.3 Å². The number of hydrogen-bond acceptors (Lipinski definition) is 3. The van der Waals surface area contributed by atoms with Crippen molar-refractivity contribution < 1.29 is 9.53 Å². The number of ether oxygens (including phenoxy) is 1. The van der Waals surface area contributed by atoms with Gasteiger partial charge in [0.2, 0.25) is 0 Å². The molecule has 1 rings (SSSR count). The highest BCUT2D eigenvalue weighted by molar-refractivity contribution is 5.85. The maximum absolute atomic E-state index is 12.1. The van der Waals surface area contributed by atoms with Gasteiger partial charge in [0.1, 0.15) is 11.9 Å². The van der Waals surface area contributed by atoms with Crippen molar-refractivity contribution in [3.63, 3.8) is 0 Å². The van der Waals surface area contributed by atoms with Crippen molar-refractivity contribution >= 4 is 5.78 Å². The average Bonchev–Trinajstić information content (AvgIpc) is 2.50. The molecule has 4 nitrogen and oxygen atoms in total. The van der Waals surface area contributed by atoms with E-state index in [1.807, 2.05) is 38.6 Å². The molecule has 0 fully saturated rings. The molecule has 1 atom stereocenters. The molecule has 90 valence electrons. The Balaban J connectivity index is 2.75. The molecule has 0 saturated carbocycles. The molecule has 0 bridgehead atoms. The van der Waals surface area contributed by atoms with Crippen LogP contribution in [0.25, 0.3) is 0 Å². The topological polar surface area (TPSA) is 44.1 Å². The van der Waals surface area contributed by atoms with Crippen molar-refractivity contribution in [1.29, 1.82) is 0 Å². The van der Waals surface area contributed by atoms with Gasteiger partial charge < -0.3 is 9.30 Å². The van der Waals surface area contributed by atoms with E-state index in [2.05, 4.69) is 4.98 Å². The fraction of sp³-hybridized carbons (Fsp3) is 0.667. The van der Waals surface area contributed by atoms with E-state index in [9.17, 15) is 4.79 Å². The van der Waals surface area contributed by atoms with E-state index >= 15 is 0 Å². The van der Waals surface area contributed by atoms with Crippen LogP contribution < -0.4 is 0 Å². The van der Waals surface area contributed by atoms with Crippen LogP contribution in [0.4, 0.5) is 0 Å². The molecule has 16 heavy (non-hydrogen) atoms. The first kappa shape index (κ1) is 12.9. The first-order valence-corrected chi connectivity index (χ1v) is 5.38. The molecule has 0 aliphatic rings. The average molecular weight is 224 g/mol. The van der Waals surface area contributed by atoms with Crippen LogP contribution >= 0.6 is 0 Å². The van der Waals surface area contributed by atoms with Crippen molar-refractivity contribution in [2.24, 2.45) is 12.5 Å². The number of methoxy groups -OCH3 is 1. The van der Waals surface area contributed by atoms with Crippen LogP contribution in [0.1, 0.15) is 26.6 Å². The summed E-state index contributed by atoms with van der Waals surface area (Å²) in [4.78, 5) is 16.2. The number of Topliss-reactive ketones (excluding diaryl/α,β-unsaturated/α-hetero) is 1. The normalized spacial score (nSPS) is 13.8. The second-order valence-corrected chi connectivity index (χ2v) is 5.08. The number of imidazole rings is 1. The minimum absolute atomic E-state index is 0.0734. The third-order valence-electron chi connectivity index (χ3n) is 2.57. The van der Waals surface area contributed by atoms with Crippen LogP contribution in [0.15, 0.2) is 12.4 Å². The Hall–Kier alpha value is -1.16. The molecule has 0 aliphatic carbocycles. The smallest absolute Gasteiger partial charge is 0.169 e. The van der Waals surface area contributed by atoms with Crippen molar-refractivity contribution in [2.75, 3.05) is 7.11 Å². The number of aromatic nitrogens is 2. The molecule has 1 heterocycles. The maximum Gasteiger partial charge on any atom is 0.169 e. The fourth-order valence-electron chi connectivity index (χ4n) is 1.78. The Morgan fingerprint density at radius 3 is 2.56 bits per heavy atom. The minimum Gasteiger partial charge on any atom is -0.373 e. The molecule has 0 amide bonds. The second kappa shape index (κ2) is 4.78. The second-order valence-electron chi connectivity index (χ2n) is 5.08. The van der Waals surface area contributed by atoms with Gasteiger partial charge in [-0.15, -0.1) is 0 Å². The van der Waals surface area contributed by atoms with Crippen LogP contribution in [-0.4, -0.2) is 28.5 Å². The van der Waals surface area contributed by atoms with Gasteiger partial charge in [-0.05, 0) is 5.41 Å². The third-order valence-corrected chi connectivity index (χ3v) is 2.57. The lowest BCUT2D eigenvalue weighted by Gasteiger charge is -2.27. The molecule has 1 aromatic rings. The van der Waals surface area contributed by atoms with Crippen LogP contribution in [0.2, 0.25) is 0 Å². The van der Waals surface area contributed by atoms with Gasteiger partial charge in [0.05, 0.1) is 6.42 Å². The van der Waals surface area contributed by atoms with E-state index in [1.54, 1.807) is 13.3 Å². The first-order valence-electron chi connectivity index (χ1n) is 5.38. The summed E-state index contributed by atoms with van der Waals surface area (Å²) in [5.41, 5.74) is -0.184. The SMILES string of the molecule is COC(C(=O)Cc1nccn1C)C(C)(C)C. The Bertz CT molecular complexity index is 363. The van der Waals surface area contributed by atoms with Gasteiger partial charge in [-0.25, -0.2) is 4.98 Å². The van der Waals surface area contributed by atoms with Gasteiger partial charge in [0, 0.05) is 26.6 Å². The number of nitrogens with zero attached hydrogens (tertiary/aromatic N) is 2. The zero-order valence-electron chi connectivity index (χ0n) is 10.7. The highest BCUT2D eigenvalue weighted by Crippen LogP contribution is 2.23. The lowest BCUT2D eigenvalue weighted by molar-refractivity contribution is -0.134. The van der Waals surface area contributed by atoms with Crippen molar-refractivity contribution in [3.8, 4) is 0 Å². The molecule has 0 aliphatic heterocycles. The van der Waals surface area contributed by atoms with Gasteiger partial charge in [0.15, 0.2) is 5.78 Å². The summed E-state index contributed by atoms with van der Waals surface area (Å²) in [6.07, 6.45) is 3.46. The molecule has 1 aromatic heterocycles. The number of carbonyl (C=O) groups is 1. The van der Waals surface area contributed by atoms with Crippen molar-refractivity contribution in [3.05, 3.63) is 18.2 Å². The predicted octanol–water partition coefficient (Wildman–Crippen LogP) is 1.59. The number of aryl methyl sites for hydroxylation is 1. The molecule has 1 unspecified atom stereocenters. The van der Waals surface area contributed by atoms with Crippen molar-refractivity contribution in [2.45, 2.75) is 33.3 Å². The number of carbonyl (C=O) groups excluding carboxylic acids is 1. The quantitative estimate of drug-likeness (QED) is 0.780.